The van der Waals surface area contributed by atoms with Gasteiger partial charge in [0.15, 0.2) is 0 Å². The molecule has 4 rings (SSSR count). The molecule has 0 unspecified atom stereocenters. The smallest absolute Gasteiger partial charge is 0.337 e. The summed E-state index contributed by atoms with van der Waals surface area (Å²) >= 11 is 2.48. The minimum atomic E-state index is -4.32. The number of aryl methyl sites for hydroxylation is 1. The van der Waals surface area contributed by atoms with Crippen molar-refractivity contribution in [3.63, 3.8) is 0 Å². The minimum absolute atomic E-state index is 0.265. The number of hydrogen-bond acceptors (Lipinski definition) is 6. The van der Waals surface area contributed by atoms with E-state index in [4.69, 9.17) is 0 Å². The molecule has 0 bridgehead atoms. The molecule has 0 radical (unpaired) electrons. The van der Waals surface area contributed by atoms with E-state index >= 15 is 0 Å². The van der Waals surface area contributed by atoms with E-state index in [9.17, 15) is 13.2 Å². The van der Waals surface area contributed by atoms with Crippen LogP contribution in [-0.4, -0.2) is 35.2 Å². The summed E-state index contributed by atoms with van der Waals surface area (Å²) in [5, 5.41) is 2.18. The average molecular weight is 437 g/mol. The molecule has 0 saturated carbocycles. The zero-order chi connectivity index (χ0) is 20.6. The zero-order valence-corrected chi connectivity index (χ0v) is 17.4. The van der Waals surface area contributed by atoms with Gasteiger partial charge in [0.25, 0.3) is 0 Å². The quantitative estimate of drug-likeness (QED) is 0.627. The molecule has 9 heteroatoms. The van der Waals surface area contributed by atoms with Crippen LogP contribution in [0, 0.1) is 6.92 Å². The fraction of sp³-hybridized carbons (Fsp3) is 0.300. The van der Waals surface area contributed by atoms with Crippen LogP contribution in [0.3, 0.4) is 0 Å². The highest BCUT2D eigenvalue weighted by atomic mass is 32.1. The van der Waals surface area contributed by atoms with Gasteiger partial charge in [-0.2, -0.15) is 18.2 Å². The first-order valence-electron chi connectivity index (χ1n) is 9.03. The number of halogens is 3. The molecule has 0 atom stereocenters. The van der Waals surface area contributed by atoms with E-state index in [1.807, 2.05) is 0 Å². The molecule has 0 N–H and O–H groups in total. The van der Waals surface area contributed by atoms with Crippen LogP contribution in [-0.2, 0) is 12.7 Å². The van der Waals surface area contributed by atoms with Gasteiger partial charge in [0.05, 0.1) is 6.54 Å². The lowest BCUT2D eigenvalue weighted by Gasteiger charge is -2.30. The Bertz CT molecular complexity index is 1010. The molecular weight excluding hydrogens is 417 g/mol. The molecule has 0 saturated heterocycles. The van der Waals surface area contributed by atoms with Gasteiger partial charge in [-0.15, -0.1) is 22.7 Å². The van der Waals surface area contributed by atoms with Gasteiger partial charge >= 0.3 is 6.18 Å². The van der Waals surface area contributed by atoms with Crippen LogP contribution in [0.5, 0.6) is 0 Å². The Balaban J connectivity index is 1.39. The molecule has 0 aromatic carbocycles. The summed E-state index contributed by atoms with van der Waals surface area (Å²) in [5.74, 6) is 1.06. The molecule has 4 nitrogen and oxygen atoms in total. The van der Waals surface area contributed by atoms with Crippen molar-refractivity contribution in [2.45, 2.75) is 26.1 Å². The molecule has 0 spiro atoms. The Hall–Kier alpha value is -2.39. The summed E-state index contributed by atoms with van der Waals surface area (Å²) in [4.78, 5) is 13.9. The fourth-order valence-corrected chi connectivity index (χ4v) is 4.79. The topological polar surface area (TPSA) is 31.2 Å². The molecule has 2 aliphatic rings. The number of hydrogen-bond donors (Lipinski definition) is 0. The number of thiophene rings is 2. The van der Waals surface area contributed by atoms with E-state index in [0.29, 0.717) is 23.2 Å². The highest BCUT2D eigenvalue weighted by Gasteiger charge is 2.32. The van der Waals surface area contributed by atoms with Crippen molar-refractivity contribution in [2.75, 3.05) is 13.1 Å². The molecule has 29 heavy (non-hydrogen) atoms. The van der Waals surface area contributed by atoms with E-state index in [2.05, 4.69) is 45.9 Å². The number of guanidine groups is 1. The van der Waals surface area contributed by atoms with Crippen LogP contribution >= 0.6 is 22.7 Å². The Morgan fingerprint density at radius 3 is 2.69 bits per heavy atom. The summed E-state index contributed by atoms with van der Waals surface area (Å²) in [5.41, 5.74) is 2.62. The summed E-state index contributed by atoms with van der Waals surface area (Å²) in [6.07, 6.45) is 0.390. The molecular formula is C20H19F3N4S2. The van der Waals surface area contributed by atoms with Gasteiger partial charge in [0.1, 0.15) is 17.0 Å². The molecule has 4 heterocycles. The maximum atomic E-state index is 12.8. The number of rotatable bonds is 3. The zero-order valence-electron chi connectivity index (χ0n) is 15.7. The molecule has 152 valence electrons. The molecule has 0 aliphatic carbocycles. The second kappa shape index (κ2) is 7.79. The Kier molecular flexibility index (Phi) is 5.35. The predicted molar refractivity (Wildman–Crippen MR) is 113 cm³/mol. The van der Waals surface area contributed by atoms with Crippen LogP contribution < -0.4 is 0 Å². The van der Waals surface area contributed by atoms with Gasteiger partial charge in [-0.05, 0) is 48.1 Å². The molecule has 2 aromatic rings. The summed E-state index contributed by atoms with van der Waals surface area (Å²) in [6, 6.07) is 4.79. The van der Waals surface area contributed by atoms with Crippen molar-refractivity contribution in [2.24, 2.45) is 9.98 Å². The van der Waals surface area contributed by atoms with Gasteiger partial charge in [0, 0.05) is 22.8 Å². The van der Waals surface area contributed by atoms with E-state index in [-0.39, 0.29) is 6.54 Å². The Morgan fingerprint density at radius 1 is 1.28 bits per heavy atom. The maximum Gasteiger partial charge on any atom is 0.425 e. The van der Waals surface area contributed by atoms with Crippen molar-refractivity contribution >= 4 is 40.5 Å². The normalized spacial score (nSPS) is 17.6. The third kappa shape index (κ3) is 4.45. The highest BCUT2D eigenvalue weighted by Crippen LogP contribution is 2.35. The van der Waals surface area contributed by atoms with E-state index in [1.54, 1.807) is 22.6 Å². The van der Waals surface area contributed by atoms with Crippen molar-refractivity contribution in [1.29, 1.82) is 0 Å². The van der Waals surface area contributed by atoms with Crippen molar-refractivity contribution in [1.82, 2.24) is 9.80 Å². The van der Waals surface area contributed by atoms with Gasteiger partial charge in [-0.1, -0.05) is 12.7 Å². The maximum absolute atomic E-state index is 12.8. The van der Waals surface area contributed by atoms with Gasteiger partial charge in [0.2, 0.25) is 5.96 Å². The van der Waals surface area contributed by atoms with Crippen LogP contribution in [0.1, 0.15) is 26.6 Å². The largest absolute Gasteiger partial charge is 0.425 e. The monoisotopic (exact) mass is 436 g/mol. The predicted octanol–water partition coefficient (Wildman–Crippen LogP) is 5.60. The minimum Gasteiger partial charge on any atom is -0.337 e. The lowest BCUT2D eigenvalue weighted by atomic mass is 10.0. The first kappa shape index (κ1) is 19.9. The van der Waals surface area contributed by atoms with Crippen LogP contribution in [0.25, 0.3) is 5.57 Å². The summed E-state index contributed by atoms with van der Waals surface area (Å²) < 4.78 is 38.3. The first-order valence-corrected chi connectivity index (χ1v) is 10.7. The van der Waals surface area contributed by atoms with Crippen LogP contribution in [0.2, 0.25) is 0 Å². The fourth-order valence-electron chi connectivity index (χ4n) is 3.19. The first-order chi connectivity index (χ1) is 13.8. The van der Waals surface area contributed by atoms with Gasteiger partial charge in [-0.3, -0.25) is 0 Å². The van der Waals surface area contributed by atoms with E-state index < -0.39 is 11.1 Å². The highest BCUT2D eigenvalue weighted by molar-refractivity contribution is 7.12. The second-order valence-corrected chi connectivity index (χ2v) is 9.12. The third-order valence-corrected chi connectivity index (χ3v) is 6.71. The standard InChI is InChI=1S/C20H19F3N4S2/c1-13-9-16(11-28-13)15-5-7-26(8-6-15)19-24-12-27(14(2)25-19)10-17-3-4-18(29-17)20(21,22)23/h3-5,9,11-12H,2,6-8,10H2,1H3. The third-order valence-electron chi connectivity index (χ3n) is 4.73. The number of aliphatic imine (C=N–C) groups is 2. The molecule has 0 amide bonds. The molecule has 2 aromatic heterocycles. The Labute approximate surface area is 175 Å². The molecule has 2 aliphatic heterocycles. The van der Waals surface area contributed by atoms with Gasteiger partial charge in [-0.25, -0.2) is 4.99 Å². The molecule has 0 fully saturated rings. The SMILES string of the molecule is C=C1N=C(N2CC=C(c3csc(C)c3)CC2)N=CN1Cc1ccc(C(F)(F)F)s1. The van der Waals surface area contributed by atoms with Gasteiger partial charge < -0.3 is 9.80 Å². The number of alkyl halides is 3. The van der Waals surface area contributed by atoms with E-state index in [0.717, 1.165) is 30.4 Å². The summed E-state index contributed by atoms with van der Waals surface area (Å²) in [6.45, 7) is 7.84. The average Bonchev–Trinajstić information content (AvgIpc) is 3.32. The van der Waals surface area contributed by atoms with Crippen LogP contribution in [0.4, 0.5) is 13.2 Å². The lowest BCUT2D eigenvalue weighted by molar-refractivity contribution is -0.134. The lowest BCUT2D eigenvalue weighted by Crippen LogP contribution is -2.37. The second-order valence-electron chi connectivity index (χ2n) is 6.84. The van der Waals surface area contributed by atoms with Crippen molar-refractivity contribution < 1.29 is 13.2 Å². The summed E-state index contributed by atoms with van der Waals surface area (Å²) in [7, 11) is 0. The van der Waals surface area contributed by atoms with Crippen molar-refractivity contribution in [3.05, 3.63) is 62.2 Å². The number of nitrogens with zero attached hydrogens (tertiary/aromatic N) is 4. The van der Waals surface area contributed by atoms with Crippen LogP contribution in [0.15, 0.2) is 52.0 Å². The van der Waals surface area contributed by atoms with Crippen molar-refractivity contribution in [3.8, 4) is 0 Å². The van der Waals surface area contributed by atoms with E-state index in [1.165, 1.54) is 22.1 Å². The Morgan fingerprint density at radius 2 is 2.10 bits per heavy atom.